The third-order valence-corrected chi connectivity index (χ3v) is 7.54. The molecular weight excluding hydrogens is 520 g/mol. The second-order valence-corrected chi connectivity index (χ2v) is 10.5. The van der Waals surface area contributed by atoms with E-state index in [0.29, 0.717) is 50.7 Å². The molecule has 0 amide bonds. The molecule has 0 bridgehead atoms. The zero-order valence-corrected chi connectivity index (χ0v) is 23.3. The summed E-state index contributed by atoms with van der Waals surface area (Å²) in [6, 6.07) is 16.1. The molecule has 6 rings (SSSR count). The molecule has 10 nitrogen and oxygen atoms in total. The molecule has 41 heavy (non-hydrogen) atoms. The van der Waals surface area contributed by atoms with E-state index in [0.717, 1.165) is 79.5 Å². The molecule has 10 heteroatoms. The van der Waals surface area contributed by atoms with Crippen LogP contribution in [0.1, 0.15) is 16.7 Å². The number of imidazole rings is 1. The first-order valence-corrected chi connectivity index (χ1v) is 14.3. The number of hydrogen-bond acceptors (Lipinski definition) is 9. The van der Waals surface area contributed by atoms with Crippen LogP contribution >= 0.6 is 0 Å². The van der Waals surface area contributed by atoms with Crippen LogP contribution in [0.15, 0.2) is 54.9 Å². The highest BCUT2D eigenvalue weighted by molar-refractivity contribution is 5.85. The van der Waals surface area contributed by atoms with E-state index < -0.39 is 0 Å². The summed E-state index contributed by atoms with van der Waals surface area (Å²) < 4.78 is 16.7. The number of ether oxygens (including phenoxy) is 3. The summed E-state index contributed by atoms with van der Waals surface area (Å²) in [5, 5.41) is 0. The van der Waals surface area contributed by atoms with Crippen molar-refractivity contribution >= 4 is 22.8 Å². The van der Waals surface area contributed by atoms with Gasteiger partial charge in [0.15, 0.2) is 17.3 Å². The molecule has 0 aliphatic carbocycles. The Morgan fingerprint density at radius 2 is 1.46 bits per heavy atom. The minimum absolute atomic E-state index is 0.177. The summed E-state index contributed by atoms with van der Waals surface area (Å²) in [5.74, 6) is 1.64. The molecule has 2 fully saturated rings. The van der Waals surface area contributed by atoms with Gasteiger partial charge in [-0.2, -0.15) is 0 Å². The Kier molecular flexibility index (Phi) is 8.92. The quantitative estimate of drug-likeness (QED) is 0.279. The largest absolute Gasteiger partial charge is 0.379 e. The number of nitrogens with one attached hydrogen (secondary N) is 1. The molecule has 2 saturated heterocycles. The molecule has 0 radical (unpaired) electrons. The lowest BCUT2D eigenvalue weighted by molar-refractivity contribution is -0.117. The van der Waals surface area contributed by atoms with E-state index in [9.17, 15) is 4.79 Å². The fourth-order valence-corrected chi connectivity index (χ4v) is 5.20. The molecule has 2 aliphatic rings. The van der Waals surface area contributed by atoms with Gasteiger partial charge in [-0.3, -0.25) is 9.69 Å². The van der Waals surface area contributed by atoms with Gasteiger partial charge >= 0.3 is 0 Å². The predicted octanol–water partition coefficient (Wildman–Crippen LogP) is 3.06. The van der Waals surface area contributed by atoms with Gasteiger partial charge in [0.05, 0.1) is 46.0 Å². The summed E-state index contributed by atoms with van der Waals surface area (Å²) in [6.07, 6.45) is 2.43. The molecule has 4 aromatic rings. The van der Waals surface area contributed by atoms with Crippen molar-refractivity contribution in [2.24, 2.45) is 0 Å². The van der Waals surface area contributed by atoms with Crippen LogP contribution in [0.25, 0.3) is 22.6 Å². The second-order valence-electron chi connectivity index (χ2n) is 10.5. The Morgan fingerprint density at radius 3 is 2.17 bits per heavy atom. The number of H-pyrrole nitrogens is 1. The van der Waals surface area contributed by atoms with E-state index in [-0.39, 0.29) is 5.78 Å². The summed E-state index contributed by atoms with van der Waals surface area (Å²) >= 11 is 0. The summed E-state index contributed by atoms with van der Waals surface area (Å²) in [7, 11) is 0. The third kappa shape index (κ3) is 7.15. The van der Waals surface area contributed by atoms with Crippen molar-refractivity contribution in [1.82, 2.24) is 24.8 Å². The number of ketones is 1. The van der Waals surface area contributed by atoms with Crippen molar-refractivity contribution in [3.8, 4) is 11.4 Å². The number of aromatic nitrogens is 4. The molecule has 2 aromatic heterocycles. The van der Waals surface area contributed by atoms with Crippen molar-refractivity contribution in [2.75, 3.05) is 70.7 Å². The third-order valence-electron chi connectivity index (χ3n) is 7.54. The van der Waals surface area contributed by atoms with Crippen molar-refractivity contribution in [3.05, 3.63) is 71.5 Å². The van der Waals surface area contributed by atoms with E-state index in [1.165, 1.54) is 0 Å². The first-order valence-electron chi connectivity index (χ1n) is 14.3. The molecule has 2 aliphatic heterocycles. The number of carbonyl (C=O) groups excluding carboxylic acids is 1. The van der Waals surface area contributed by atoms with Gasteiger partial charge in [0.2, 0.25) is 0 Å². The van der Waals surface area contributed by atoms with Crippen LogP contribution in [0.5, 0.6) is 0 Å². The number of anilines is 1. The minimum atomic E-state index is 0.177. The van der Waals surface area contributed by atoms with Crippen LogP contribution in [0.3, 0.4) is 0 Å². The van der Waals surface area contributed by atoms with Gasteiger partial charge in [0.25, 0.3) is 0 Å². The molecular formula is C31H36N6O4. The molecule has 4 heterocycles. The van der Waals surface area contributed by atoms with Crippen LogP contribution in [0.2, 0.25) is 0 Å². The van der Waals surface area contributed by atoms with Crippen LogP contribution in [0.4, 0.5) is 5.82 Å². The number of fused-ring (bicyclic) bond motifs is 1. The number of morpholine rings is 2. The van der Waals surface area contributed by atoms with E-state index >= 15 is 0 Å². The summed E-state index contributed by atoms with van der Waals surface area (Å²) in [4.78, 5) is 34.5. The zero-order chi connectivity index (χ0) is 27.9. The van der Waals surface area contributed by atoms with Crippen molar-refractivity contribution in [3.63, 3.8) is 0 Å². The van der Waals surface area contributed by atoms with E-state index in [4.69, 9.17) is 19.2 Å². The van der Waals surface area contributed by atoms with E-state index in [1.54, 1.807) is 6.33 Å². The SMILES string of the molecule is O=C(Cc1ccc(COCCN2CCOCC2)cc1)Cc1ccc(-c2nc(N3CCOCC3)c3[nH]cnc3n2)cc1. The van der Waals surface area contributed by atoms with E-state index in [2.05, 4.69) is 24.8 Å². The average molecular weight is 557 g/mol. The molecule has 0 unspecified atom stereocenters. The maximum atomic E-state index is 12.8. The maximum absolute atomic E-state index is 12.8. The molecule has 214 valence electrons. The highest BCUT2D eigenvalue weighted by Crippen LogP contribution is 2.26. The molecule has 1 N–H and O–H groups in total. The number of Topliss-reactive ketones (excluding diaryl/α,β-unsaturated/α-hetero) is 1. The topological polar surface area (TPSA) is 106 Å². The van der Waals surface area contributed by atoms with Gasteiger partial charge in [0, 0.05) is 51.1 Å². The van der Waals surface area contributed by atoms with Crippen LogP contribution in [0, 0.1) is 0 Å². The standard InChI is InChI=1S/C31H36N6O4/c38-27(19-23-1-3-25(4-2-23)21-41-16-11-36-9-14-39-15-10-36)20-24-5-7-26(8-6-24)29-34-30-28(32-22-33-30)31(35-29)37-12-17-40-18-13-37/h1-8,22H,9-21H2,(H,32,33,34,35). The first-order chi connectivity index (χ1) is 20.2. The van der Waals surface area contributed by atoms with Gasteiger partial charge in [-0.25, -0.2) is 15.0 Å². The fraction of sp³-hybridized carbons (Fsp3) is 0.419. The zero-order valence-electron chi connectivity index (χ0n) is 23.3. The van der Waals surface area contributed by atoms with E-state index in [1.807, 2.05) is 48.5 Å². The predicted molar refractivity (Wildman–Crippen MR) is 156 cm³/mol. The number of rotatable bonds is 11. The number of nitrogens with zero attached hydrogens (tertiary/aromatic N) is 5. The monoisotopic (exact) mass is 556 g/mol. The molecule has 0 saturated carbocycles. The first kappa shape index (κ1) is 27.5. The van der Waals surface area contributed by atoms with Crippen LogP contribution in [-0.2, 0) is 38.5 Å². The van der Waals surface area contributed by atoms with Gasteiger partial charge in [-0.15, -0.1) is 0 Å². The van der Waals surface area contributed by atoms with Crippen molar-refractivity contribution in [2.45, 2.75) is 19.4 Å². The average Bonchev–Trinajstić information content (AvgIpc) is 3.50. The fourth-order valence-electron chi connectivity index (χ4n) is 5.20. The lowest BCUT2D eigenvalue weighted by Gasteiger charge is -2.28. The molecule has 0 atom stereocenters. The number of hydrogen-bond donors (Lipinski definition) is 1. The lowest BCUT2D eigenvalue weighted by atomic mass is 10.0. The van der Waals surface area contributed by atoms with Gasteiger partial charge < -0.3 is 24.1 Å². The lowest BCUT2D eigenvalue weighted by Crippen LogP contribution is -2.38. The van der Waals surface area contributed by atoms with Crippen LogP contribution in [-0.4, -0.2) is 96.4 Å². The van der Waals surface area contributed by atoms with Gasteiger partial charge in [-0.1, -0.05) is 48.5 Å². The smallest absolute Gasteiger partial charge is 0.183 e. The highest BCUT2D eigenvalue weighted by Gasteiger charge is 2.19. The Morgan fingerprint density at radius 1 is 0.829 bits per heavy atom. The number of benzene rings is 2. The van der Waals surface area contributed by atoms with Crippen molar-refractivity contribution < 1.29 is 19.0 Å². The Hall–Kier alpha value is -3.70. The molecule has 0 spiro atoms. The van der Waals surface area contributed by atoms with Crippen molar-refractivity contribution in [1.29, 1.82) is 0 Å². The Balaban J connectivity index is 1.01. The normalized spacial score (nSPS) is 16.3. The second kappa shape index (κ2) is 13.3. The van der Waals surface area contributed by atoms with Gasteiger partial charge in [-0.05, 0) is 16.7 Å². The summed E-state index contributed by atoms with van der Waals surface area (Å²) in [6.45, 7) is 8.67. The minimum Gasteiger partial charge on any atom is -0.379 e. The van der Waals surface area contributed by atoms with Crippen LogP contribution < -0.4 is 4.90 Å². The highest BCUT2D eigenvalue weighted by atomic mass is 16.5. The Bertz CT molecular complexity index is 1430. The summed E-state index contributed by atoms with van der Waals surface area (Å²) in [5.41, 5.74) is 5.47. The molecule has 2 aromatic carbocycles. The number of aromatic amines is 1. The van der Waals surface area contributed by atoms with Gasteiger partial charge in [0.1, 0.15) is 11.3 Å². The number of carbonyl (C=O) groups is 1. The maximum Gasteiger partial charge on any atom is 0.183 e. The Labute approximate surface area is 239 Å².